The van der Waals surface area contributed by atoms with Crippen LogP contribution in [0.5, 0.6) is 0 Å². The number of carbonyl (C=O) groups excluding carboxylic acids is 2. The fourth-order valence-corrected chi connectivity index (χ4v) is 10.1. The number of fused-ring (bicyclic) bond motifs is 7. The average molecular weight is 622 g/mol. The Morgan fingerprint density at radius 1 is 1.26 bits per heavy atom. The monoisotopic (exact) mass is 621 g/mol. The zero-order chi connectivity index (χ0) is 30.1. The summed E-state index contributed by atoms with van der Waals surface area (Å²) in [5, 5.41) is 14.0. The quantitative estimate of drug-likeness (QED) is 0.373. The maximum atomic E-state index is 17.6. The van der Waals surface area contributed by atoms with Crippen LogP contribution < -0.4 is 0 Å². The first-order valence-electron chi connectivity index (χ1n) is 14.8. The van der Waals surface area contributed by atoms with Gasteiger partial charge >= 0.3 is 0 Å². The van der Waals surface area contributed by atoms with Gasteiger partial charge in [-0.05, 0) is 62.0 Å². The highest BCUT2D eigenvalue weighted by Gasteiger charge is 2.79. The standard InChI is InChI=1S/C32H38ClF2NO5S/c1-4-40-11-12-42-28(39)32-20(18-36(41-32)17-19-5-7-21(33)8-6-19)13-23-24-15-26(34)25-14-22(37)9-10-29(25,2)31(24,35)27(38)16-30(23,32)3/h5-10,20,23-24,27,38H,4,11-18H2,1-3H3/t20-,23-,24-,27-,29-,30-,31-,32-/m0/s1. The second-order valence-corrected chi connectivity index (χ2v) is 14.4. The van der Waals surface area contributed by atoms with Gasteiger partial charge < -0.3 is 9.84 Å². The van der Waals surface area contributed by atoms with Crippen molar-refractivity contribution in [3.8, 4) is 0 Å². The molecule has 1 heterocycles. The van der Waals surface area contributed by atoms with Gasteiger partial charge in [0.1, 0.15) is 5.83 Å². The van der Waals surface area contributed by atoms with E-state index in [2.05, 4.69) is 0 Å². The van der Waals surface area contributed by atoms with Gasteiger partial charge in [-0.3, -0.25) is 14.4 Å². The highest BCUT2D eigenvalue weighted by Crippen LogP contribution is 2.73. The van der Waals surface area contributed by atoms with Crippen molar-refractivity contribution in [1.29, 1.82) is 0 Å². The summed E-state index contributed by atoms with van der Waals surface area (Å²) in [6, 6.07) is 7.44. The number of carbonyl (C=O) groups is 2. The fourth-order valence-electron chi connectivity index (χ4n) is 8.97. The number of alkyl halides is 1. The van der Waals surface area contributed by atoms with Gasteiger partial charge in [0.15, 0.2) is 17.1 Å². The highest BCUT2D eigenvalue weighted by atomic mass is 35.5. The predicted octanol–water partition coefficient (Wildman–Crippen LogP) is 6.02. The zero-order valence-electron chi connectivity index (χ0n) is 24.2. The molecule has 4 aliphatic carbocycles. The molecule has 0 bridgehead atoms. The lowest BCUT2D eigenvalue weighted by Crippen LogP contribution is -2.69. The van der Waals surface area contributed by atoms with Crippen molar-refractivity contribution < 1.29 is 33.1 Å². The van der Waals surface area contributed by atoms with Crippen LogP contribution in [0.3, 0.4) is 0 Å². The molecule has 3 fully saturated rings. The molecule has 0 aromatic heterocycles. The van der Waals surface area contributed by atoms with Crippen LogP contribution in [0.4, 0.5) is 8.78 Å². The molecule has 1 aromatic rings. The predicted molar refractivity (Wildman–Crippen MR) is 157 cm³/mol. The Morgan fingerprint density at radius 3 is 2.71 bits per heavy atom. The Labute approximate surface area is 254 Å². The van der Waals surface area contributed by atoms with Crippen LogP contribution in [0.25, 0.3) is 0 Å². The second-order valence-electron chi connectivity index (χ2n) is 12.9. The van der Waals surface area contributed by atoms with E-state index in [-0.39, 0.29) is 41.7 Å². The molecule has 8 atom stereocenters. The Balaban J connectivity index is 1.38. The summed E-state index contributed by atoms with van der Waals surface area (Å²) in [5.74, 6) is -1.87. The van der Waals surface area contributed by atoms with E-state index >= 15 is 8.78 Å². The SMILES string of the molecule is CCOCCSC(=O)[C@@]12ON(Cc3ccc(Cl)cc3)C[C@@H]1C[C@H]1[C@@H]3CC(F)=C4CC(=O)C=C[C@]4(C)[C@@]3(F)[C@@H](O)C[C@@]12C. The van der Waals surface area contributed by atoms with Crippen LogP contribution in [0.15, 0.2) is 47.8 Å². The first-order chi connectivity index (χ1) is 19.9. The molecule has 10 heteroatoms. The maximum Gasteiger partial charge on any atom is 0.223 e. The summed E-state index contributed by atoms with van der Waals surface area (Å²) in [7, 11) is 0. The van der Waals surface area contributed by atoms with Gasteiger partial charge in [-0.2, -0.15) is 5.06 Å². The fraction of sp³-hybridized carbons (Fsp3) is 0.625. The topological polar surface area (TPSA) is 76.1 Å². The zero-order valence-corrected chi connectivity index (χ0v) is 25.8. The third-order valence-corrected chi connectivity index (χ3v) is 12.1. The minimum atomic E-state index is -2.19. The summed E-state index contributed by atoms with van der Waals surface area (Å²) in [6.45, 7) is 7.25. The minimum Gasteiger partial charge on any atom is -0.390 e. The molecule has 1 N–H and O–H groups in total. The highest BCUT2D eigenvalue weighted by molar-refractivity contribution is 8.13. The van der Waals surface area contributed by atoms with Gasteiger partial charge in [0.25, 0.3) is 0 Å². The summed E-state index contributed by atoms with van der Waals surface area (Å²) < 4.78 is 38.9. The second kappa shape index (κ2) is 10.8. The van der Waals surface area contributed by atoms with E-state index in [1.165, 1.54) is 12.2 Å². The molecule has 1 aromatic carbocycles. The largest absolute Gasteiger partial charge is 0.390 e. The number of nitrogens with zero attached hydrogens (tertiary/aromatic N) is 1. The number of halogens is 3. The normalized spacial score (nSPS) is 41.0. The smallest absolute Gasteiger partial charge is 0.223 e. The van der Waals surface area contributed by atoms with Crippen molar-refractivity contribution in [1.82, 2.24) is 5.06 Å². The molecule has 228 valence electrons. The van der Waals surface area contributed by atoms with E-state index in [0.29, 0.717) is 43.5 Å². The van der Waals surface area contributed by atoms with Gasteiger partial charge in [-0.1, -0.05) is 48.5 Å². The molecular formula is C32H38ClF2NO5S. The van der Waals surface area contributed by atoms with Gasteiger partial charge in [0.05, 0.1) is 12.7 Å². The molecular weight excluding hydrogens is 584 g/mol. The number of allylic oxidation sites excluding steroid dienone is 4. The number of hydrogen-bond donors (Lipinski definition) is 1. The number of ketones is 1. The summed E-state index contributed by atoms with van der Waals surface area (Å²) in [6.07, 6.45) is 1.35. The molecule has 6 nitrogen and oxygen atoms in total. The Kier molecular flexibility index (Phi) is 7.80. The third-order valence-electron chi connectivity index (χ3n) is 10.9. The number of rotatable bonds is 7. The van der Waals surface area contributed by atoms with Crippen molar-refractivity contribution in [3.63, 3.8) is 0 Å². The number of aliphatic hydroxyl groups excluding tert-OH is 1. The van der Waals surface area contributed by atoms with Crippen LogP contribution in [0.2, 0.25) is 5.02 Å². The van der Waals surface area contributed by atoms with Gasteiger partial charge in [-0.25, -0.2) is 8.78 Å². The maximum absolute atomic E-state index is 17.6. The third kappa shape index (κ3) is 4.25. The number of thioether (sulfide) groups is 1. The first kappa shape index (κ1) is 30.4. The van der Waals surface area contributed by atoms with E-state index < -0.39 is 45.9 Å². The van der Waals surface area contributed by atoms with E-state index in [4.69, 9.17) is 21.2 Å². The van der Waals surface area contributed by atoms with Crippen LogP contribution in [-0.2, 0) is 25.7 Å². The lowest BCUT2D eigenvalue weighted by atomic mass is 9.45. The summed E-state index contributed by atoms with van der Waals surface area (Å²) in [5.41, 5.74) is -4.80. The van der Waals surface area contributed by atoms with Crippen LogP contribution in [0.1, 0.15) is 52.0 Å². The van der Waals surface area contributed by atoms with Crippen molar-refractivity contribution in [2.75, 3.05) is 25.5 Å². The number of aliphatic hydroxyl groups is 1. The molecule has 1 aliphatic heterocycles. The number of ether oxygens (including phenoxy) is 1. The minimum absolute atomic E-state index is 0.0139. The molecule has 6 rings (SSSR count). The van der Waals surface area contributed by atoms with Gasteiger partial charge in [-0.15, -0.1) is 0 Å². The Morgan fingerprint density at radius 2 is 2.00 bits per heavy atom. The van der Waals surface area contributed by atoms with Crippen molar-refractivity contribution >= 4 is 34.3 Å². The van der Waals surface area contributed by atoms with Gasteiger partial charge in [0, 0.05) is 66.0 Å². The molecule has 2 saturated carbocycles. The van der Waals surface area contributed by atoms with E-state index in [1.807, 2.05) is 26.0 Å². The van der Waals surface area contributed by atoms with E-state index in [1.54, 1.807) is 24.1 Å². The molecule has 0 unspecified atom stereocenters. The van der Waals surface area contributed by atoms with E-state index in [0.717, 1.165) is 17.3 Å². The first-order valence-corrected chi connectivity index (χ1v) is 16.2. The average Bonchev–Trinajstić information content (AvgIpc) is 3.43. The molecule has 0 radical (unpaired) electrons. The Bertz CT molecular complexity index is 1340. The number of benzene rings is 1. The lowest BCUT2D eigenvalue weighted by molar-refractivity contribution is -0.263. The summed E-state index contributed by atoms with van der Waals surface area (Å²) in [4.78, 5) is 33.2. The van der Waals surface area contributed by atoms with Crippen LogP contribution in [0, 0.1) is 28.6 Å². The molecule has 1 saturated heterocycles. The molecule has 5 aliphatic rings. The summed E-state index contributed by atoms with van der Waals surface area (Å²) >= 11 is 7.23. The van der Waals surface area contributed by atoms with Crippen LogP contribution in [-0.4, -0.2) is 64.0 Å². The van der Waals surface area contributed by atoms with Gasteiger partial charge in [0.2, 0.25) is 5.12 Å². The van der Waals surface area contributed by atoms with Crippen molar-refractivity contribution in [2.45, 2.75) is 70.4 Å². The molecule has 0 amide bonds. The van der Waals surface area contributed by atoms with Crippen LogP contribution >= 0.6 is 23.4 Å². The molecule has 42 heavy (non-hydrogen) atoms. The molecule has 0 spiro atoms. The number of hydrogen-bond acceptors (Lipinski definition) is 7. The number of hydroxylamine groups is 2. The van der Waals surface area contributed by atoms with Crippen molar-refractivity contribution in [3.05, 3.63) is 58.4 Å². The van der Waals surface area contributed by atoms with E-state index in [9.17, 15) is 14.7 Å². The lowest BCUT2D eigenvalue weighted by Gasteiger charge is -2.62. The Hall–Kier alpha value is -1.62. The van der Waals surface area contributed by atoms with Crippen molar-refractivity contribution in [2.24, 2.45) is 28.6 Å².